The lowest BCUT2D eigenvalue weighted by molar-refractivity contribution is 0.417. The van der Waals surface area contributed by atoms with Gasteiger partial charge in [-0.15, -0.1) is 0 Å². The largest absolute Gasteiger partial charge is 0.495 e. The molecule has 4 aromatic carbocycles. The molecule has 174 valence electrons. The van der Waals surface area contributed by atoms with Crippen LogP contribution in [0.25, 0.3) is 21.5 Å². The van der Waals surface area contributed by atoms with Crippen molar-refractivity contribution in [1.82, 2.24) is 0 Å². The van der Waals surface area contributed by atoms with Crippen molar-refractivity contribution in [2.45, 2.75) is 10.6 Å². The lowest BCUT2D eigenvalue weighted by atomic mass is 10.0. The van der Waals surface area contributed by atoms with E-state index in [1.54, 1.807) is 43.5 Å². The summed E-state index contributed by atoms with van der Waals surface area (Å²) in [7, 11) is -5.08. The van der Waals surface area contributed by atoms with E-state index in [0.717, 1.165) is 10.8 Å². The summed E-state index contributed by atoms with van der Waals surface area (Å²) < 4.78 is 72.1. The van der Waals surface area contributed by atoms with Gasteiger partial charge in [-0.05, 0) is 23.8 Å². The van der Waals surface area contributed by atoms with Crippen molar-refractivity contribution < 1.29 is 35.4 Å². The van der Waals surface area contributed by atoms with Crippen LogP contribution in [0.4, 0.5) is 0 Å². The van der Waals surface area contributed by atoms with Gasteiger partial charge in [0.15, 0.2) is 0 Å². The maximum Gasteiger partial charge on any atom is 0.294 e. The summed E-state index contributed by atoms with van der Waals surface area (Å²) in [5.74, 6) is 0.860. The van der Waals surface area contributed by atoms with Crippen LogP contribution in [0.5, 0.6) is 11.5 Å². The summed E-state index contributed by atoms with van der Waals surface area (Å²) in [6.45, 7) is 0. The molecule has 0 aliphatic rings. The zero-order valence-electron chi connectivity index (χ0n) is 17.8. The van der Waals surface area contributed by atoms with Crippen LogP contribution in [-0.2, 0) is 26.0 Å². The third-order valence-electron chi connectivity index (χ3n) is 4.79. The van der Waals surface area contributed by atoms with Crippen molar-refractivity contribution in [2.24, 2.45) is 0 Å². The molecule has 0 aliphatic heterocycles. The second kappa shape index (κ2) is 9.75. The zero-order valence-corrected chi connectivity index (χ0v) is 19.4. The van der Waals surface area contributed by atoms with Gasteiger partial charge in [-0.3, -0.25) is 9.11 Å². The summed E-state index contributed by atoms with van der Waals surface area (Å²) in [5, 5.41) is 2.95. The highest BCUT2D eigenvalue weighted by molar-refractivity contribution is 7.85. The number of benzene rings is 4. The molecular formula is C23H22O8S2. The lowest BCUT2D eigenvalue weighted by Gasteiger charge is -2.15. The van der Waals surface area contributed by atoms with Gasteiger partial charge < -0.3 is 9.47 Å². The maximum absolute atomic E-state index is 11.4. The van der Waals surface area contributed by atoms with Gasteiger partial charge in [-0.25, -0.2) is 0 Å². The number of hydrogen-bond donors (Lipinski definition) is 2. The Morgan fingerprint density at radius 2 is 1.15 bits per heavy atom. The topological polar surface area (TPSA) is 127 Å². The molecule has 0 aliphatic carbocycles. The smallest absolute Gasteiger partial charge is 0.294 e. The van der Waals surface area contributed by atoms with Crippen LogP contribution in [-0.4, -0.2) is 40.2 Å². The van der Waals surface area contributed by atoms with Gasteiger partial charge in [0.2, 0.25) is 0 Å². The van der Waals surface area contributed by atoms with E-state index in [1.807, 2.05) is 24.3 Å². The molecule has 10 heteroatoms. The van der Waals surface area contributed by atoms with Crippen LogP contribution >= 0.6 is 0 Å². The Hall–Kier alpha value is -3.18. The summed E-state index contributed by atoms with van der Waals surface area (Å²) in [5.41, 5.74) is 0.593. The molecule has 33 heavy (non-hydrogen) atoms. The minimum absolute atomic E-state index is 0.185. The molecule has 8 nitrogen and oxygen atoms in total. The van der Waals surface area contributed by atoms with Crippen LogP contribution in [0, 0.1) is 0 Å². The van der Waals surface area contributed by atoms with Gasteiger partial charge in [0.1, 0.15) is 17.3 Å². The average Bonchev–Trinajstić information content (AvgIpc) is 2.76. The first-order chi connectivity index (χ1) is 15.5. The van der Waals surface area contributed by atoms with Crippen molar-refractivity contribution in [3.8, 4) is 11.5 Å². The molecule has 0 aromatic heterocycles. The minimum Gasteiger partial charge on any atom is -0.495 e. The van der Waals surface area contributed by atoms with Crippen molar-refractivity contribution in [1.29, 1.82) is 0 Å². The van der Waals surface area contributed by atoms with Gasteiger partial charge >= 0.3 is 0 Å². The predicted molar refractivity (Wildman–Crippen MR) is 126 cm³/mol. The molecule has 2 N–H and O–H groups in total. The molecule has 4 rings (SSSR count). The van der Waals surface area contributed by atoms with Crippen molar-refractivity contribution >= 4 is 41.8 Å². The number of fused-ring (bicyclic) bond motifs is 2. The summed E-state index contributed by atoms with van der Waals surface area (Å²) >= 11 is 0. The quantitative estimate of drug-likeness (QED) is 0.313. The molecule has 4 aromatic rings. The average molecular weight is 491 g/mol. The first kappa shape index (κ1) is 24.5. The third kappa shape index (κ3) is 5.79. The summed E-state index contributed by atoms with van der Waals surface area (Å²) in [4.78, 5) is -0.185. The third-order valence-corrected chi connectivity index (χ3v) is 6.34. The Morgan fingerprint density at radius 1 is 0.667 bits per heavy atom. The van der Waals surface area contributed by atoms with E-state index >= 15 is 0 Å². The van der Waals surface area contributed by atoms with E-state index in [4.69, 9.17) is 14.0 Å². The number of methoxy groups -OCH3 is 2. The molecule has 0 bridgehead atoms. The Morgan fingerprint density at radius 3 is 1.64 bits per heavy atom. The van der Waals surface area contributed by atoms with Gasteiger partial charge in [-0.2, -0.15) is 16.8 Å². The molecule has 0 spiro atoms. The first-order valence-corrected chi connectivity index (χ1v) is 12.6. The lowest BCUT2D eigenvalue weighted by Crippen LogP contribution is -2.00. The molecule has 0 saturated carbocycles. The highest BCUT2D eigenvalue weighted by Gasteiger charge is 2.18. The molecule has 0 fully saturated rings. The van der Waals surface area contributed by atoms with E-state index in [0.29, 0.717) is 27.8 Å². The maximum atomic E-state index is 11.4. The van der Waals surface area contributed by atoms with Crippen LogP contribution in [0.3, 0.4) is 0 Å². The monoisotopic (exact) mass is 490 g/mol. The highest BCUT2D eigenvalue weighted by Crippen LogP contribution is 2.43. The Balaban J connectivity index is 0.000000235. The zero-order chi connectivity index (χ0) is 24.2. The van der Waals surface area contributed by atoms with Crippen LogP contribution in [0.2, 0.25) is 0 Å². The fraction of sp³-hybridized carbons (Fsp3) is 0.130. The molecule has 0 heterocycles. The van der Waals surface area contributed by atoms with Gasteiger partial charge in [-0.1, -0.05) is 54.6 Å². The number of ether oxygens (including phenoxy) is 2. The normalized spacial score (nSPS) is 11.6. The van der Waals surface area contributed by atoms with Gasteiger partial charge in [0.25, 0.3) is 20.2 Å². The molecule has 0 atom stereocenters. The van der Waals surface area contributed by atoms with E-state index in [1.165, 1.54) is 19.2 Å². The first-order valence-electron chi connectivity index (χ1n) is 9.58. The van der Waals surface area contributed by atoms with Gasteiger partial charge in [0.05, 0.1) is 19.1 Å². The second-order valence-corrected chi connectivity index (χ2v) is 9.88. The van der Waals surface area contributed by atoms with E-state index in [2.05, 4.69) is 0 Å². The molecule has 0 unspecified atom stereocenters. The summed E-state index contributed by atoms with van der Waals surface area (Å²) in [6, 6.07) is 20.4. The van der Waals surface area contributed by atoms with Crippen molar-refractivity contribution in [3.63, 3.8) is 0 Å². The Labute approximate surface area is 191 Å². The molecule has 0 amide bonds. The van der Waals surface area contributed by atoms with Crippen molar-refractivity contribution in [3.05, 3.63) is 78.4 Å². The fourth-order valence-electron chi connectivity index (χ4n) is 3.46. The van der Waals surface area contributed by atoms with E-state index < -0.39 is 20.2 Å². The van der Waals surface area contributed by atoms with Gasteiger partial charge in [0, 0.05) is 21.5 Å². The standard InChI is InChI=1S/C16H14O5S.C7H8O3S/c1-20-15-11-5-3-4-6-12(11)16(21-2)14-9-10(22(17,18)19)7-8-13(14)15;8-11(9,10)6-7-4-2-1-3-5-7/h3-9H,1-2H3,(H,17,18,19);1-5H,6H2,(H,8,9,10). The number of rotatable bonds is 5. The fourth-order valence-corrected chi connectivity index (χ4v) is 4.58. The summed E-state index contributed by atoms with van der Waals surface area (Å²) in [6.07, 6.45) is 0. The minimum atomic E-state index is -4.29. The molecule has 0 radical (unpaired) electrons. The molecule has 0 saturated heterocycles. The Bertz CT molecular complexity index is 1500. The Kier molecular flexibility index (Phi) is 7.23. The van der Waals surface area contributed by atoms with E-state index in [9.17, 15) is 21.4 Å². The van der Waals surface area contributed by atoms with E-state index in [-0.39, 0.29) is 10.6 Å². The molecular weight excluding hydrogens is 468 g/mol. The SMILES string of the molecule is COc1c2ccccc2c(OC)c2cc(S(=O)(=O)O)ccc12.O=S(=O)(O)Cc1ccccc1. The predicted octanol–water partition coefficient (Wildman–Crippen LogP) is 4.33. The second-order valence-electron chi connectivity index (χ2n) is 7.01. The highest BCUT2D eigenvalue weighted by atomic mass is 32.2. The van der Waals surface area contributed by atoms with Crippen LogP contribution < -0.4 is 9.47 Å². The van der Waals surface area contributed by atoms with Crippen LogP contribution in [0.15, 0.2) is 77.7 Å². The van der Waals surface area contributed by atoms with Crippen LogP contribution in [0.1, 0.15) is 5.56 Å². The number of hydrogen-bond acceptors (Lipinski definition) is 6. The van der Waals surface area contributed by atoms with Crippen molar-refractivity contribution in [2.75, 3.05) is 14.2 Å².